The van der Waals surface area contributed by atoms with E-state index in [9.17, 15) is 4.79 Å². The summed E-state index contributed by atoms with van der Waals surface area (Å²) < 4.78 is 5.14. The van der Waals surface area contributed by atoms with Gasteiger partial charge in [0.1, 0.15) is 11.5 Å². The molecule has 3 heteroatoms. The second-order valence-corrected chi connectivity index (χ2v) is 5.82. The van der Waals surface area contributed by atoms with Gasteiger partial charge in [-0.05, 0) is 37.0 Å². The lowest BCUT2D eigenvalue weighted by Gasteiger charge is -2.34. The Balaban J connectivity index is 1.93. The molecule has 0 radical (unpaired) electrons. The summed E-state index contributed by atoms with van der Waals surface area (Å²) >= 11 is 0. The van der Waals surface area contributed by atoms with Crippen LogP contribution in [0, 0.1) is 5.41 Å². The molecule has 20 heavy (non-hydrogen) atoms. The molecule has 0 bridgehead atoms. The minimum absolute atomic E-state index is 0.231. The number of carbonyl (C=O) groups is 1. The zero-order valence-corrected chi connectivity index (χ0v) is 12.4. The highest BCUT2D eigenvalue weighted by Gasteiger charge is 2.37. The van der Waals surface area contributed by atoms with Crippen molar-refractivity contribution in [2.24, 2.45) is 11.1 Å². The molecule has 0 unspecified atom stereocenters. The highest BCUT2D eigenvalue weighted by molar-refractivity contribution is 5.85. The molecule has 1 aliphatic carbocycles. The molecule has 0 saturated heterocycles. The summed E-state index contributed by atoms with van der Waals surface area (Å²) in [7, 11) is 1.66. The highest BCUT2D eigenvalue weighted by Crippen LogP contribution is 2.37. The van der Waals surface area contributed by atoms with Crippen molar-refractivity contribution in [3.63, 3.8) is 0 Å². The van der Waals surface area contributed by atoms with Crippen LogP contribution in [-0.4, -0.2) is 19.4 Å². The molecule has 1 aromatic rings. The van der Waals surface area contributed by atoms with Crippen LogP contribution in [0.15, 0.2) is 24.3 Å². The molecule has 0 spiro atoms. The van der Waals surface area contributed by atoms with E-state index in [1.807, 2.05) is 24.3 Å². The molecular formula is C17H25NO2. The average Bonchev–Trinajstić information content (AvgIpc) is 2.53. The van der Waals surface area contributed by atoms with Gasteiger partial charge in [0.15, 0.2) is 0 Å². The first-order chi connectivity index (χ1) is 9.70. The zero-order chi connectivity index (χ0) is 14.4. The number of hydrogen-bond acceptors (Lipinski definition) is 3. The predicted molar refractivity (Wildman–Crippen MR) is 80.9 cm³/mol. The van der Waals surface area contributed by atoms with Gasteiger partial charge >= 0.3 is 0 Å². The van der Waals surface area contributed by atoms with Gasteiger partial charge in [-0.3, -0.25) is 4.79 Å². The van der Waals surface area contributed by atoms with Crippen molar-refractivity contribution in [2.45, 2.75) is 44.9 Å². The normalized spacial score (nSPS) is 17.7. The van der Waals surface area contributed by atoms with Crippen LogP contribution in [0.25, 0.3) is 0 Å². The number of rotatable bonds is 6. The van der Waals surface area contributed by atoms with E-state index in [0.717, 1.165) is 37.9 Å². The largest absolute Gasteiger partial charge is 0.497 e. The van der Waals surface area contributed by atoms with Crippen LogP contribution in [-0.2, 0) is 11.2 Å². The predicted octanol–water partition coefficient (Wildman–Crippen LogP) is 3.11. The lowest BCUT2D eigenvalue weighted by atomic mass is 9.70. The van der Waals surface area contributed by atoms with Gasteiger partial charge in [0.2, 0.25) is 0 Å². The zero-order valence-electron chi connectivity index (χ0n) is 12.4. The van der Waals surface area contributed by atoms with Crippen LogP contribution in [0.5, 0.6) is 5.75 Å². The van der Waals surface area contributed by atoms with E-state index in [0.29, 0.717) is 18.7 Å². The number of hydrogen-bond donors (Lipinski definition) is 1. The first kappa shape index (κ1) is 15.0. The van der Waals surface area contributed by atoms with Gasteiger partial charge in [-0.1, -0.05) is 31.4 Å². The summed E-state index contributed by atoms with van der Waals surface area (Å²) in [6.45, 7) is 0.508. The fourth-order valence-corrected chi connectivity index (χ4v) is 3.14. The van der Waals surface area contributed by atoms with Crippen LogP contribution in [0.1, 0.15) is 44.1 Å². The number of ether oxygens (including phenoxy) is 1. The van der Waals surface area contributed by atoms with Crippen LogP contribution in [0.2, 0.25) is 0 Å². The van der Waals surface area contributed by atoms with Crippen LogP contribution < -0.4 is 10.5 Å². The molecule has 1 aromatic carbocycles. The van der Waals surface area contributed by atoms with E-state index in [1.54, 1.807) is 7.11 Å². The quantitative estimate of drug-likeness (QED) is 0.868. The fraction of sp³-hybridized carbons (Fsp3) is 0.588. The molecule has 110 valence electrons. The Morgan fingerprint density at radius 1 is 1.20 bits per heavy atom. The van der Waals surface area contributed by atoms with Crippen LogP contribution >= 0.6 is 0 Å². The Labute approximate surface area is 121 Å². The fourth-order valence-electron chi connectivity index (χ4n) is 3.14. The molecule has 0 heterocycles. The molecule has 1 fully saturated rings. The maximum atomic E-state index is 12.5. The van der Waals surface area contributed by atoms with Crippen molar-refractivity contribution in [3.05, 3.63) is 29.8 Å². The van der Waals surface area contributed by atoms with Gasteiger partial charge in [-0.25, -0.2) is 0 Å². The lowest BCUT2D eigenvalue weighted by molar-refractivity contribution is -0.130. The number of benzene rings is 1. The van der Waals surface area contributed by atoms with Crippen molar-refractivity contribution in [1.29, 1.82) is 0 Å². The Kier molecular flexibility index (Phi) is 5.18. The SMILES string of the molecule is COc1ccc(CCC(=O)C2(CN)CCCCC2)cc1. The van der Waals surface area contributed by atoms with Gasteiger partial charge in [-0.15, -0.1) is 0 Å². The average molecular weight is 275 g/mol. The molecule has 3 nitrogen and oxygen atoms in total. The second-order valence-electron chi connectivity index (χ2n) is 5.82. The summed E-state index contributed by atoms with van der Waals surface area (Å²) in [5.74, 6) is 1.21. The maximum absolute atomic E-state index is 12.5. The summed E-state index contributed by atoms with van der Waals surface area (Å²) in [6.07, 6.45) is 6.88. The maximum Gasteiger partial charge on any atom is 0.140 e. The van der Waals surface area contributed by atoms with Crippen molar-refractivity contribution < 1.29 is 9.53 Å². The van der Waals surface area contributed by atoms with Gasteiger partial charge in [0, 0.05) is 18.4 Å². The summed E-state index contributed by atoms with van der Waals surface area (Å²) in [5.41, 5.74) is 6.86. The number of nitrogens with two attached hydrogens (primary N) is 1. The standard InChI is InChI=1S/C17H25NO2/c1-20-15-8-5-14(6-9-15)7-10-16(19)17(13-18)11-3-2-4-12-17/h5-6,8-9H,2-4,7,10-13,18H2,1H3. The van der Waals surface area contributed by atoms with E-state index >= 15 is 0 Å². The second kappa shape index (κ2) is 6.89. The lowest BCUT2D eigenvalue weighted by Crippen LogP contribution is -2.40. The molecule has 2 rings (SSSR count). The Hall–Kier alpha value is -1.35. The molecule has 0 aliphatic heterocycles. The van der Waals surface area contributed by atoms with Crippen LogP contribution in [0.4, 0.5) is 0 Å². The van der Waals surface area contributed by atoms with Crippen molar-refractivity contribution >= 4 is 5.78 Å². The van der Waals surface area contributed by atoms with E-state index < -0.39 is 0 Å². The molecular weight excluding hydrogens is 250 g/mol. The third-order valence-corrected chi connectivity index (χ3v) is 4.59. The van der Waals surface area contributed by atoms with Gasteiger partial charge in [0.25, 0.3) is 0 Å². The van der Waals surface area contributed by atoms with E-state index in [-0.39, 0.29) is 5.41 Å². The first-order valence-electron chi connectivity index (χ1n) is 7.56. The minimum Gasteiger partial charge on any atom is -0.497 e. The molecule has 1 aliphatic rings. The summed E-state index contributed by atoms with van der Waals surface area (Å²) in [6, 6.07) is 7.95. The summed E-state index contributed by atoms with van der Waals surface area (Å²) in [5, 5.41) is 0. The Morgan fingerprint density at radius 2 is 1.85 bits per heavy atom. The van der Waals surface area contributed by atoms with Crippen LogP contribution in [0.3, 0.4) is 0 Å². The molecule has 0 atom stereocenters. The number of Topliss-reactive ketones (excluding diaryl/α,β-unsaturated/α-hetero) is 1. The van der Waals surface area contributed by atoms with Gasteiger partial charge < -0.3 is 10.5 Å². The summed E-state index contributed by atoms with van der Waals surface area (Å²) in [4.78, 5) is 12.5. The van der Waals surface area contributed by atoms with E-state index in [1.165, 1.54) is 12.0 Å². The van der Waals surface area contributed by atoms with Gasteiger partial charge in [-0.2, -0.15) is 0 Å². The van der Waals surface area contributed by atoms with E-state index in [4.69, 9.17) is 10.5 Å². The third-order valence-electron chi connectivity index (χ3n) is 4.59. The first-order valence-corrected chi connectivity index (χ1v) is 7.56. The van der Waals surface area contributed by atoms with Crippen molar-refractivity contribution in [3.8, 4) is 5.75 Å². The molecule has 0 amide bonds. The van der Waals surface area contributed by atoms with Gasteiger partial charge in [0.05, 0.1) is 7.11 Å². The van der Waals surface area contributed by atoms with Crippen molar-refractivity contribution in [1.82, 2.24) is 0 Å². The smallest absolute Gasteiger partial charge is 0.140 e. The Morgan fingerprint density at radius 3 is 2.40 bits per heavy atom. The minimum atomic E-state index is -0.231. The number of carbonyl (C=O) groups excluding carboxylic acids is 1. The Bertz CT molecular complexity index is 433. The number of aryl methyl sites for hydroxylation is 1. The van der Waals surface area contributed by atoms with E-state index in [2.05, 4.69) is 0 Å². The monoisotopic (exact) mass is 275 g/mol. The highest BCUT2D eigenvalue weighted by atomic mass is 16.5. The molecule has 1 saturated carbocycles. The third kappa shape index (κ3) is 3.40. The molecule has 0 aromatic heterocycles. The number of ketones is 1. The van der Waals surface area contributed by atoms with Crippen molar-refractivity contribution in [2.75, 3.05) is 13.7 Å². The number of methoxy groups -OCH3 is 1. The molecule has 2 N–H and O–H groups in total. The topological polar surface area (TPSA) is 52.3 Å².